The van der Waals surface area contributed by atoms with Crippen LogP contribution in [-0.2, 0) is 0 Å². The van der Waals surface area contributed by atoms with Gasteiger partial charge in [-0.05, 0) is 31.2 Å². The highest BCUT2D eigenvalue weighted by molar-refractivity contribution is 6.33. The highest BCUT2D eigenvalue weighted by Gasteiger charge is 2.23. The number of anilines is 1. The molecule has 6 heteroatoms. The summed E-state index contributed by atoms with van der Waals surface area (Å²) in [6.07, 6.45) is 1.60. The van der Waals surface area contributed by atoms with Gasteiger partial charge in [-0.1, -0.05) is 35.0 Å². The second-order valence-corrected chi connectivity index (χ2v) is 5.03. The Morgan fingerprint density at radius 2 is 1.95 bits per heavy atom. The monoisotopic (exact) mass is 313 g/mol. The SMILES string of the molecule is Cc1noc(-c2ccccc2Cl)c1C(=O)Nc1ccccn1. The molecule has 3 rings (SSSR count). The first-order chi connectivity index (χ1) is 10.7. The van der Waals surface area contributed by atoms with Gasteiger partial charge >= 0.3 is 0 Å². The van der Waals surface area contributed by atoms with Gasteiger partial charge in [0.25, 0.3) is 5.91 Å². The van der Waals surface area contributed by atoms with Crippen LogP contribution in [0.3, 0.4) is 0 Å². The number of hydrogen-bond donors (Lipinski definition) is 1. The van der Waals surface area contributed by atoms with Gasteiger partial charge in [-0.15, -0.1) is 0 Å². The number of pyridine rings is 1. The van der Waals surface area contributed by atoms with Crippen molar-refractivity contribution in [2.24, 2.45) is 0 Å². The Labute approximate surface area is 131 Å². The zero-order chi connectivity index (χ0) is 15.5. The topological polar surface area (TPSA) is 68.0 Å². The lowest BCUT2D eigenvalue weighted by atomic mass is 10.1. The first kappa shape index (κ1) is 14.3. The molecule has 5 nitrogen and oxygen atoms in total. The molecule has 0 saturated carbocycles. The Morgan fingerprint density at radius 1 is 1.18 bits per heavy atom. The summed E-state index contributed by atoms with van der Waals surface area (Å²) in [7, 11) is 0. The molecular formula is C16H12ClN3O2. The summed E-state index contributed by atoms with van der Waals surface area (Å²) < 4.78 is 5.31. The molecule has 2 heterocycles. The number of amides is 1. The molecule has 22 heavy (non-hydrogen) atoms. The minimum atomic E-state index is -0.340. The van der Waals surface area contributed by atoms with Gasteiger partial charge in [0.05, 0.1) is 10.7 Å². The van der Waals surface area contributed by atoms with Gasteiger partial charge in [0.15, 0.2) is 5.76 Å². The minimum Gasteiger partial charge on any atom is -0.355 e. The van der Waals surface area contributed by atoms with E-state index >= 15 is 0 Å². The molecule has 3 aromatic rings. The Bertz CT molecular complexity index is 815. The molecule has 110 valence electrons. The zero-order valence-corrected chi connectivity index (χ0v) is 12.5. The normalized spacial score (nSPS) is 10.5. The summed E-state index contributed by atoms with van der Waals surface area (Å²) >= 11 is 6.17. The number of hydrogen-bond acceptors (Lipinski definition) is 4. The standard InChI is InChI=1S/C16H12ClN3O2/c1-10-14(16(21)19-13-8-4-5-9-18-13)15(22-20-10)11-6-2-3-7-12(11)17/h2-9H,1H3,(H,18,19,21). The Morgan fingerprint density at radius 3 is 2.68 bits per heavy atom. The third kappa shape index (κ3) is 2.71. The van der Waals surface area contributed by atoms with Gasteiger partial charge < -0.3 is 9.84 Å². The summed E-state index contributed by atoms with van der Waals surface area (Å²) in [5.41, 5.74) is 1.46. The number of nitrogens with zero attached hydrogens (tertiary/aromatic N) is 2. The molecule has 0 spiro atoms. The number of carbonyl (C=O) groups is 1. The Kier molecular flexibility index (Phi) is 3.89. The molecule has 0 atom stereocenters. The highest BCUT2D eigenvalue weighted by Crippen LogP contribution is 2.32. The molecule has 0 fully saturated rings. The summed E-state index contributed by atoms with van der Waals surface area (Å²) in [4.78, 5) is 16.6. The largest absolute Gasteiger partial charge is 0.355 e. The first-order valence-electron chi connectivity index (χ1n) is 6.60. The van der Waals surface area contributed by atoms with Crippen LogP contribution >= 0.6 is 11.6 Å². The Hall–Kier alpha value is -2.66. The Balaban J connectivity index is 1.99. The van der Waals surface area contributed by atoms with Crippen molar-refractivity contribution in [3.63, 3.8) is 0 Å². The van der Waals surface area contributed by atoms with Crippen molar-refractivity contribution in [2.45, 2.75) is 6.92 Å². The van der Waals surface area contributed by atoms with E-state index in [9.17, 15) is 4.79 Å². The predicted octanol–water partition coefficient (Wildman–Crippen LogP) is 3.95. The van der Waals surface area contributed by atoms with Gasteiger partial charge in [-0.25, -0.2) is 4.98 Å². The maximum Gasteiger partial charge on any atom is 0.262 e. The molecule has 0 unspecified atom stereocenters. The summed E-state index contributed by atoms with van der Waals surface area (Å²) in [5, 5.41) is 7.09. The zero-order valence-electron chi connectivity index (χ0n) is 11.7. The fourth-order valence-corrected chi connectivity index (χ4v) is 2.30. The average molecular weight is 314 g/mol. The first-order valence-corrected chi connectivity index (χ1v) is 6.98. The third-order valence-corrected chi connectivity index (χ3v) is 3.44. The smallest absolute Gasteiger partial charge is 0.262 e. The van der Waals surface area contributed by atoms with E-state index in [0.29, 0.717) is 33.4 Å². The number of carbonyl (C=O) groups excluding carboxylic acids is 1. The van der Waals surface area contributed by atoms with E-state index in [0.717, 1.165) is 0 Å². The highest BCUT2D eigenvalue weighted by atomic mass is 35.5. The maximum absolute atomic E-state index is 12.5. The second kappa shape index (κ2) is 5.99. The number of halogens is 1. The summed E-state index contributed by atoms with van der Waals surface area (Å²) in [5.74, 6) is 0.460. The van der Waals surface area contributed by atoms with Crippen LogP contribution < -0.4 is 5.32 Å². The van der Waals surface area contributed by atoms with Crippen LogP contribution in [-0.4, -0.2) is 16.0 Å². The van der Waals surface area contributed by atoms with E-state index in [2.05, 4.69) is 15.5 Å². The summed E-state index contributed by atoms with van der Waals surface area (Å²) in [6.45, 7) is 1.71. The molecule has 2 aromatic heterocycles. The lowest BCUT2D eigenvalue weighted by Gasteiger charge is -2.05. The van der Waals surface area contributed by atoms with E-state index < -0.39 is 0 Å². The molecule has 0 bridgehead atoms. The van der Waals surface area contributed by atoms with E-state index in [1.807, 2.05) is 12.1 Å². The molecule has 0 saturated heterocycles. The molecule has 1 N–H and O–H groups in total. The van der Waals surface area contributed by atoms with Crippen molar-refractivity contribution in [3.05, 3.63) is 64.9 Å². The van der Waals surface area contributed by atoms with Crippen LogP contribution in [0.4, 0.5) is 5.82 Å². The van der Waals surface area contributed by atoms with Gasteiger partial charge in [-0.2, -0.15) is 0 Å². The predicted molar refractivity (Wildman–Crippen MR) is 83.9 cm³/mol. The second-order valence-electron chi connectivity index (χ2n) is 4.62. The van der Waals surface area contributed by atoms with E-state index in [-0.39, 0.29) is 5.91 Å². The molecule has 1 amide bonds. The van der Waals surface area contributed by atoms with Gasteiger partial charge in [-0.3, -0.25) is 4.79 Å². The number of aromatic nitrogens is 2. The van der Waals surface area contributed by atoms with Crippen molar-refractivity contribution >= 4 is 23.3 Å². The third-order valence-electron chi connectivity index (χ3n) is 3.11. The quantitative estimate of drug-likeness (QED) is 0.795. The molecule has 1 aromatic carbocycles. The van der Waals surface area contributed by atoms with Gasteiger partial charge in [0.1, 0.15) is 11.4 Å². The minimum absolute atomic E-state index is 0.340. The van der Waals surface area contributed by atoms with Crippen LogP contribution in [0, 0.1) is 6.92 Å². The van der Waals surface area contributed by atoms with Crippen LogP contribution in [0.15, 0.2) is 53.2 Å². The lowest BCUT2D eigenvalue weighted by Crippen LogP contribution is -2.14. The molecule has 0 aliphatic rings. The number of aryl methyl sites for hydroxylation is 1. The van der Waals surface area contributed by atoms with E-state index in [4.69, 9.17) is 16.1 Å². The fourth-order valence-electron chi connectivity index (χ4n) is 2.08. The van der Waals surface area contributed by atoms with Crippen molar-refractivity contribution < 1.29 is 9.32 Å². The van der Waals surface area contributed by atoms with Crippen LogP contribution in [0.1, 0.15) is 16.1 Å². The van der Waals surface area contributed by atoms with Crippen LogP contribution in [0.5, 0.6) is 0 Å². The maximum atomic E-state index is 12.5. The number of nitrogens with one attached hydrogen (secondary N) is 1. The molecule has 0 radical (unpaired) electrons. The summed E-state index contributed by atoms with van der Waals surface area (Å²) in [6, 6.07) is 12.4. The van der Waals surface area contributed by atoms with Crippen molar-refractivity contribution in [1.82, 2.24) is 10.1 Å². The van der Waals surface area contributed by atoms with Crippen molar-refractivity contribution in [1.29, 1.82) is 0 Å². The van der Waals surface area contributed by atoms with E-state index in [1.54, 1.807) is 43.5 Å². The lowest BCUT2D eigenvalue weighted by molar-refractivity contribution is 0.102. The molecular weight excluding hydrogens is 302 g/mol. The molecule has 0 aliphatic heterocycles. The van der Waals surface area contributed by atoms with E-state index in [1.165, 1.54) is 0 Å². The van der Waals surface area contributed by atoms with Crippen LogP contribution in [0.2, 0.25) is 5.02 Å². The van der Waals surface area contributed by atoms with Gasteiger partial charge in [0, 0.05) is 11.8 Å². The average Bonchev–Trinajstić information content (AvgIpc) is 2.90. The van der Waals surface area contributed by atoms with Crippen LogP contribution in [0.25, 0.3) is 11.3 Å². The van der Waals surface area contributed by atoms with Gasteiger partial charge in [0.2, 0.25) is 0 Å². The fraction of sp³-hybridized carbons (Fsp3) is 0.0625. The molecule has 0 aliphatic carbocycles. The number of rotatable bonds is 3. The van der Waals surface area contributed by atoms with Crippen molar-refractivity contribution in [3.8, 4) is 11.3 Å². The van der Waals surface area contributed by atoms with Crippen molar-refractivity contribution in [2.75, 3.05) is 5.32 Å². The number of benzene rings is 1.